The Kier molecular flexibility index (Phi) is 3.54. The van der Waals surface area contributed by atoms with Gasteiger partial charge in [-0.1, -0.05) is 6.08 Å². The van der Waals surface area contributed by atoms with Gasteiger partial charge in [0.2, 0.25) is 0 Å². The Morgan fingerprint density at radius 2 is 2.58 bits per heavy atom. The molecule has 0 amide bonds. The first-order valence-electron chi connectivity index (χ1n) is 3.61. The Labute approximate surface area is 75.5 Å². The fourth-order valence-electron chi connectivity index (χ4n) is 0.719. The van der Waals surface area contributed by atoms with Crippen LogP contribution in [-0.4, -0.2) is 12.6 Å². The molecule has 0 unspecified atom stereocenters. The van der Waals surface area contributed by atoms with Gasteiger partial charge in [0.15, 0.2) is 0 Å². The average Bonchev–Trinajstić information content (AvgIpc) is 2.49. The predicted octanol–water partition coefficient (Wildman–Crippen LogP) is 2.32. The van der Waals surface area contributed by atoms with E-state index in [2.05, 4.69) is 0 Å². The Morgan fingerprint density at radius 3 is 3.17 bits per heavy atom. The number of thiophene rings is 1. The second-order valence-corrected chi connectivity index (χ2v) is 3.04. The molecule has 1 aromatic heterocycles. The number of rotatable bonds is 3. The van der Waals surface area contributed by atoms with Crippen molar-refractivity contribution in [2.24, 2.45) is 0 Å². The maximum atomic E-state index is 10.4. The molecule has 0 bridgehead atoms. The summed E-state index contributed by atoms with van der Waals surface area (Å²) in [6.07, 6.45) is 3.75. The molecule has 0 aliphatic heterocycles. The molecule has 0 saturated heterocycles. The summed E-state index contributed by atoms with van der Waals surface area (Å²) in [6.45, 7) is 1.75. The first-order valence-corrected chi connectivity index (χ1v) is 4.55. The molecule has 1 rings (SSSR count). The van der Waals surface area contributed by atoms with Crippen molar-refractivity contribution >= 4 is 23.4 Å². The topological polar surface area (TPSA) is 26.3 Å². The van der Waals surface area contributed by atoms with Crippen molar-refractivity contribution in [3.63, 3.8) is 0 Å². The largest absolute Gasteiger partial charge is 0.462 e. The molecule has 0 spiro atoms. The molecule has 0 aliphatic rings. The zero-order chi connectivity index (χ0) is 8.81. The second kappa shape index (κ2) is 4.72. The number of carbonyl (C=O) groups excluding carboxylic acids is 1. The zero-order valence-corrected chi connectivity index (χ0v) is 7.64. The minimum Gasteiger partial charge on any atom is -0.462 e. The minimum atomic E-state index is -0.245. The van der Waals surface area contributed by atoms with E-state index in [4.69, 9.17) is 4.74 Å². The van der Waals surface area contributed by atoms with Crippen molar-refractivity contribution in [3.05, 3.63) is 28.5 Å². The van der Waals surface area contributed by atoms with Gasteiger partial charge in [0, 0.05) is 6.92 Å². The van der Waals surface area contributed by atoms with Gasteiger partial charge in [0.1, 0.15) is 6.61 Å². The zero-order valence-electron chi connectivity index (χ0n) is 6.82. The molecule has 1 heterocycles. The molecule has 0 atom stereocenters. The summed E-state index contributed by atoms with van der Waals surface area (Å²) >= 11 is 1.64. The van der Waals surface area contributed by atoms with Crippen LogP contribution in [0.5, 0.6) is 0 Å². The van der Waals surface area contributed by atoms with Crippen molar-refractivity contribution in [1.82, 2.24) is 0 Å². The SMILES string of the molecule is CC(=O)OC/C=C/c1ccsc1. The van der Waals surface area contributed by atoms with E-state index in [0.29, 0.717) is 6.61 Å². The molecule has 12 heavy (non-hydrogen) atoms. The number of carbonyl (C=O) groups is 1. The van der Waals surface area contributed by atoms with Crippen LogP contribution in [-0.2, 0) is 9.53 Å². The third kappa shape index (κ3) is 3.34. The maximum Gasteiger partial charge on any atom is 0.302 e. The molecular weight excluding hydrogens is 172 g/mol. The molecule has 3 heteroatoms. The molecule has 1 aromatic rings. The Balaban J connectivity index is 2.27. The highest BCUT2D eigenvalue weighted by molar-refractivity contribution is 7.08. The van der Waals surface area contributed by atoms with E-state index < -0.39 is 0 Å². The van der Waals surface area contributed by atoms with Crippen molar-refractivity contribution in [1.29, 1.82) is 0 Å². The van der Waals surface area contributed by atoms with Crippen LogP contribution >= 0.6 is 11.3 Å². The summed E-state index contributed by atoms with van der Waals surface area (Å²) < 4.78 is 4.72. The smallest absolute Gasteiger partial charge is 0.302 e. The first kappa shape index (κ1) is 9.00. The van der Waals surface area contributed by atoms with Crippen molar-refractivity contribution in [2.45, 2.75) is 6.92 Å². The average molecular weight is 182 g/mol. The third-order valence-corrected chi connectivity index (χ3v) is 1.94. The first-order chi connectivity index (χ1) is 5.79. The Bertz CT molecular complexity index is 262. The van der Waals surface area contributed by atoms with E-state index in [1.54, 1.807) is 11.3 Å². The summed E-state index contributed by atoms with van der Waals surface area (Å²) in [6, 6.07) is 2.01. The molecular formula is C9H10O2S. The molecule has 0 radical (unpaired) electrons. The molecule has 0 aromatic carbocycles. The maximum absolute atomic E-state index is 10.4. The summed E-state index contributed by atoms with van der Waals surface area (Å²) in [5.74, 6) is -0.245. The van der Waals surface area contributed by atoms with Crippen LogP contribution in [0, 0.1) is 0 Å². The normalized spacial score (nSPS) is 10.4. The quantitative estimate of drug-likeness (QED) is 0.670. The molecule has 0 fully saturated rings. The fraction of sp³-hybridized carbons (Fsp3) is 0.222. The van der Waals surface area contributed by atoms with Gasteiger partial charge in [-0.05, 0) is 28.5 Å². The highest BCUT2D eigenvalue weighted by atomic mass is 32.1. The summed E-state index contributed by atoms with van der Waals surface area (Å²) in [4.78, 5) is 10.4. The van der Waals surface area contributed by atoms with Gasteiger partial charge in [-0.15, -0.1) is 0 Å². The highest BCUT2D eigenvalue weighted by Gasteiger charge is 1.87. The lowest BCUT2D eigenvalue weighted by molar-refractivity contribution is -0.139. The Hall–Kier alpha value is -1.09. The number of hydrogen-bond donors (Lipinski definition) is 0. The number of hydrogen-bond acceptors (Lipinski definition) is 3. The van der Waals surface area contributed by atoms with Gasteiger partial charge < -0.3 is 4.74 Å². The molecule has 0 N–H and O–H groups in total. The monoisotopic (exact) mass is 182 g/mol. The minimum absolute atomic E-state index is 0.245. The molecule has 0 aliphatic carbocycles. The number of ether oxygens (including phenoxy) is 1. The molecule has 2 nitrogen and oxygen atoms in total. The van der Waals surface area contributed by atoms with Crippen LogP contribution in [0.2, 0.25) is 0 Å². The van der Waals surface area contributed by atoms with Crippen molar-refractivity contribution in [3.8, 4) is 0 Å². The highest BCUT2D eigenvalue weighted by Crippen LogP contribution is 2.07. The summed E-state index contributed by atoms with van der Waals surface area (Å²) in [5, 5.41) is 4.04. The fourth-order valence-corrected chi connectivity index (χ4v) is 1.35. The van der Waals surface area contributed by atoms with E-state index in [0.717, 1.165) is 5.56 Å². The van der Waals surface area contributed by atoms with Crippen molar-refractivity contribution < 1.29 is 9.53 Å². The molecule has 0 saturated carbocycles. The van der Waals surface area contributed by atoms with Crippen LogP contribution in [0.1, 0.15) is 12.5 Å². The van der Waals surface area contributed by atoms with E-state index in [9.17, 15) is 4.79 Å². The van der Waals surface area contributed by atoms with Crippen LogP contribution < -0.4 is 0 Å². The summed E-state index contributed by atoms with van der Waals surface area (Å²) in [5.41, 5.74) is 1.15. The van der Waals surface area contributed by atoms with Crippen LogP contribution in [0.25, 0.3) is 6.08 Å². The second-order valence-electron chi connectivity index (χ2n) is 2.26. The van der Waals surface area contributed by atoms with Gasteiger partial charge in [-0.25, -0.2) is 0 Å². The lowest BCUT2D eigenvalue weighted by Gasteiger charge is -1.93. The van der Waals surface area contributed by atoms with Gasteiger partial charge in [-0.3, -0.25) is 4.79 Å². The van der Waals surface area contributed by atoms with Crippen LogP contribution in [0.3, 0.4) is 0 Å². The van der Waals surface area contributed by atoms with Gasteiger partial charge in [0.05, 0.1) is 0 Å². The van der Waals surface area contributed by atoms with Crippen molar-refractivity contribution in [2.75, 3.05) is 6.61 Å². The summed E-state index contributed by atoms with van der Waals surface area (Å²) in [7, 11) is 0. The Morgan fingerprint density at radius 1 is 1.75 bits per heavy atom. The standard InChI is InChI=1S/C9H10O2S/c1-8(10)11-5-2-3-9-4-6-12-7-9/h2-4,6-7H,5H2,1H3/b3-2+. The lowest BCUT2D eigenvalue weighted by atomic mass is 10.3. The van der Waals surface area contributed by atoms with E-state index in [-0.39, 0.29) is 5.97 Å². The van der Waals surface area contributed by atoms with Gasteiger partial charge >= 0.3 is 5.97 Å². The van der Waals surface area contributed by atoms with Gasteiger partial charge in [0.25, 0.3) is 0 Å². The van der Waals surface area contributed by atoms with E-state index in [1.807, 2.05) is 29.0 Å². The number of esters is 1. The predicted molar refractivity (Wildman–Crippen MR) is 50.0 cm³/mol. The van der Waals surface area contributed by atoms with E-state index >= 15 is 0 Å². The van der Waals surface area contributed by atoms with Crippen LogP contribution in [0.4, 0.5) is 0 Å². The van der Waals surface area contributed by atoms with Crippen LogP contribution in [0.15, 0.2) is 22.9 Å². The van der Waals surface area contributed by atoms with Gasteiger partial charge in [-0.2, -0.15) is 11.3 Å². The lowest BCUT2D eigenvalue weighted by Crippen LogP contribution is -1.96. The van der Waals surface area contributed by atoms with E-state index in [1.165, 1.54) is 6.92 Å². The molecule has 64 valence electrons. The third-order valence-electron chi connectivity index (χ3n) is 1.24.